The number of ether oxygens (including phenoxy) is 2. The summed E-state index contributed by atoms with van der Waals surface area (Å²) in [5.74, 6) is 0.834. The molecular weight excluding hydrogens is 444 g/mol. The number of carbonyl (C=O) groups is 2. The van der Waals surface area contributed by atoms with Crippen LogP contribution >= 0.6 is 0 Å². The Labute approximate surface area is 204 Å². The summed E-state index contributed by atoms with van der Waals surface area (Å²) in [6, 6.07) is 21.9. The monoisotopic (exact) mass is 472 g/mol. The summed E-state index contributed by atoms with van der Waals surface area (Å²) in [4.78, 5) is 27.5. The largest absolute Gasteiger partial charge is 0.497 e. The van der Waals surface area contributed by atoms with E-state index >= 15 is 0 Å². The zero-order valence-corrected chi connectivity index (χ0v) is 19.8. The zero-order valence-electron chi connectivity index (χ0n) is 19.8. The zero-order chi connectivity index (χ0) is 24.6. The predicted octanol–water partition coefficient (Wildman–Crippen LogP) is 5.61. The van der Waals surface area contributed by atoms with Crippen molar-refractivity contribution in [3.63, 3.8) is 0 Å². The van der Waals surface area contributed by atoms with Gasteiger partial charge in [0.15, 0.2) is 0 Å². The number of nitrogens with one attached hydrogen (secondary N) is 1. The Morgan fingerprint density at radius 3 is 1.97 bits per heavy atom. The maximum atomic E-state index is 13.0. The highest BCUT2D eigenvalue weighted by Crippen LogP contribution is 2.26. The second-order valence-corrected chi connectivity index (χ2v) is 8.24. The highest BCUT2D eigenvalue weighted by molar-refractivity contribution is 5.96. The van der Waals surface area contributed by atoms with Crippen LogP contribution in [0.15, 0.2) is 83.0 Å². The van der Waals surface area contributed by atoms with Crippen LogP contribution in [-0.2, 0) is 4.79 Å². The summed E-state index contributed by atoms with van der Waals surface area (Å²) in [6.07, 6.45) is 1.20. The van der Waals surface area contributed by atoms with Gasteiger partial charge in [-0.25, -0.2) is 0 Å². The average Bonchev–Trinajstić information content (AvgIpc) is 2.92. The third kappa shape index (κ3) is 6.23. The molecule has 1 aliphatic rings. The van der Waals surface area contributed by atoms with Gasteiger partial charge in [0.05, 0.1) is 25.6 Å². The minimum atomic E-state index is -0.156. The fourth-order valence-electron chi connectivity index (χ4n) is 3.92. The lowest BCUT2D eigenvalue weighted by atomic mass is 9.95. The van der Waals surface area contributed by atoms with Crippen molar-refractivity contribution in [3.8, 4) is 11.5 Å². The van der Waals surface area contributed by atoms with Gasteiger partial charge in [0, 0.05) is 36.3 Å². The van der Waals surface area contributed by atoms with Crippen molar-refractivity contribution in [3.05, 3.63) is 78.4 Å². The summed E-state index contributed by atoms with van der Waals surface area (Å²) < 4.78 is 10.5. The van der Waals surface area contributed by atoms with Gasteiger partial charge in [-0.1, -0.05) is 18.2 Å². The summed E-state index contributed by atoms with van der Waals surface area (Å²) >= 11 is 0. The lowest BCUT2D eigenvalue weighted by Crippen LogP contribution is -2.41. The van der Waals surface area contributed by atoms with Crippen LogP contribution in [0.4, 0.5) is 17.1 Å². The van der Waals surface area contributed by atoms with Crippen LogP contribution in [0.25, 0.3) is 0 Å². The molecule has 3 aromatic rings. The lowest BCUT2D eigenvalue weighted by molar-refractivity contribution is -0.121. The molecule has 0 spiro atoms. The molecule has 1 N–H and O–H groups in total. The summed E-state index contributed by atoms with van der Waals surface area (Å²) in [5, 5.41) is 11.4. The maximum Gasteiger partial charge on any atom is 0.254 e. The number of rotatable bonds is 7. The number of nitrogens with zero attached hydrogens (tertiary/aromatic N) is 3. The fraction of sp³-hybridized carbons (Fsp3) is 0.259. The minimum Gasteiger partial charge on any atom is -0.497 e. The van der Waals surface area contributed by atoms with Crippen LogP contribution in [0, 0.1) is 5.92 Å². The highest BCUT2D eigenvalue weighted by Gasteiger charge is 2.28. The lowest BCUT2D eigenvalue weighted by Gasteiger charge is -2.31. The molecule has 35 heavy (non-hydrogen) atoms. The van der Waals surface area contributed by atoms with Crippen molar-refractivity contribution >= 4 is 28.9 Å². The molecule has 0 saturated carbocycles. The number of amides is 2. The van der Waals surface area contributed by atoms with E-state index in [9.17, 15) is 9.59 Å². The number of methoxy groups -OCH3 is 2. The normalized spacial score (nSPS) is 14.1. The number of hydrogen-bond acceptors (Lipinski definition) is 6. The van der Waals surface area contributed by atoms with Crippen molar-refractivity contribution in [2.24, 2.45) is 16.1 Å². The first-order chi connectivity index (χ1) is 17.1. The number of likely N-dealkylation sites (tertiary alicyclic amines) is 1. The molecular formula is C27H28N4O4. The number of anilines is 1. The van der Waals surface area contributed by atoms with Gasteiger partial charge in [0.1, 0.15) is 11.5 Å². The first-order valence-corrected chi connectivity index (χ1v) is 11.5. The van der Waals surface area contributed by atoms with Gasteiger partial charge < -0.3 is 19.7 Å². The molecule has 1 fully saturated rings. The number of benzene rings is 3. The van der Waals surface area contributed by atoms with Gasteiger partial charge in [-0.3, -0.25) is 9.59 Å². The molecule has 1 aliphatic heterocycles. The second-order valence-electron chi connectivity index (χ2n) is 8.24. The van der Waals surface area contributed by atoms with Crippen LogP contribution in [0.2, 0.25) is 0 Å². The molecule has 8 nitrogen and oxygen atoms in total. The smallest absolute Gasteiger partial charge is 0.254 e. The van der Waals surface area contributed by atoms with E-state index in [1.807, 2.05) is 54.6 Å². The molecule has 0 unspecified atom stereocenters. The molecule has 0 radical (unpaired) electrons. The molecule has 0 aromatic heterocycles. The summed E-state index contributed by atoms with van der Waals surface area (Å²) in [6.45, 7) is 1.02. The molecule has 3 aromatic carbocycles. The standard InChI is InChI=1S/C27H28N4O4/c1-34-24-16-20(17-25(18-24)35-2)27(33)31-14-12-19(13-15-31)26(32)28-21-8-10-23(11-9-21)30-29-22-6-4-3-5-7-22/h3-11,16-19H,12-15H2,1-2H3,(H,28,32). The van der Waals surface area contributed by atoms with Gasteiger partial charge in [-0.2, -0.15) is 10.2 Å². The Hall–Kier alpha value is -4.20. The van der Waals surface area contributed by atoms with Gasteiger partial charge in [-0.05, 0) is 61.4 Å². The van der Waals surface area contributed by atoms with Crippen LogP contribution in [0.1, 0.15) is 23.2 Å². The van der Waals surface area contributed by atoms with Crippen molar-refractivity contribution in [2.45, 2.75) is 12.8 Å². The molecule has 4 rings (SSSR count). The topological polar surface area (TPSA) is 92.6 Å². The molecule has 180 valence electrons. The van der Waals surface area contributed by atoms with E-state index in [0.717, 1.165) is 5.69 Å². The Morgan fingerprint density at radius 2 is 1.40 bits per heavy atom. The van der Waals surface area contributed by atoms with Crippen LogP contribution in [0.3, 0.4) is 0 Å². The van der Waals surface area contributed by atoms with Crippen LogP contribution in [-0.4, -0.2) is 44.0 Å². The van der Waals surface area contributed by atoms with Gasteiger partial charge in [0.2, 0.25) is 5.91 Å². The SMILES string of the molecule is COc1cc(OC)cc(C(=O)N2CCC(C(=O)Nc3ccc(N=Nc4ccccc4)cc3)CC2)c1. The number of hydrogen-bond donors (Lipinski definition) is 1. The van der Waals surface area contributed by atoms with E-state index in [0.29, 0.717) is 54.4 Å². The molecule has 0 atom stereocenters. The summed E-state index contributed by atoms with van der Waals surface area (Å²) in [5.41, 5.74) is 2.69. The average molecular weight is 473 g/mol. The van der Waals surface area contributed by atoms with Crippen molar-refractivity contribution in [1.82, 2.24) is 4.90 Å². The molecule has 0 aliphatic carbocycles. The Balaban J connectivity index is 1.30. The Morgan fingerprint density at radius 1 is 0.829 bits per heavy atom. The van der Waals surface area contributed by atoms with E-state index in [1.165, 1.54) is 0 Å². The third-order valence-electron chi connectivity index (χ3n) is 5.92. The predicted molar refractivity (Wildman–Crippen MR) is 134 cm³/mol. The van der Waals surface area contributed by atoms with Gasteiger partial charge in [-0.15, -0.1) is 0 Å². The van der Waals surface area contributed by atoms with E-state index in [1.54, 1.807) is 37.3 Å². The first-order valence-electron chi connectivity index (χ1n) is 11.5. The van der Waals surface area contributed by atoms with E-state index < -0.39 is 0 Å². The highest BCUT2D eigenvalue weighted by atomic mass is 16.5. The van der Waals surface area contributed by atoms with Crippen molar-refractivity contribution < 1.29 is 19.1 Å². The third-order valence-corrected chi connectivity index (χ3v) is 5.92. The number of carbonyl (C=O) groups excluding carboxylic acids is 2. The second kappa shape index (κ2) is 11.3. The van der Waals surface area contributed by atoms with Gasteiger partial charge >= 0.3 is 0 Å². The molecule has 2 amide bonds. The Bertz CT molecular complexity index is 1170. The number of azo groups is 1. The fourth-order valence-corrected chi connectivity index (χ4v) is 3.92. The van der Waals surface area contributed by atoms with Crippen molar-refractivity contribution in [2.75, 3.05) is 32.6 Å². The van der Waals surface area contributed by atoms with E-state index in [2.05, 4.69) is 15.5 Å². The van der Waals surface area contributed by atoms with Gasteiger partial charge in [0.25, 0.3) is 5.91 Å². The van der Waals surface area contributed by atoms with E-state index in [-0.39, 0.29) is 17.7 Å². The van der Waals surface area contributed by atoms with E-state index in [4.69, 9.17) is 9.47 Å². The molecule has 1 saturated heterocycles. The van der Waals surface area contributed by atoms with Crippen molar-refractivity contribution in [1.29, 1.82) is 0 Å². The van der Waals surface area contributed by atoms with Crippen LogP contribution in [0.5, 0.6) is 11.5 Å². The number of piperidine rings is 1. The van der Waals surface area contributed by atoms with Crippen LogP contribution < -0.4 is 14.8 Å². The Kier molecular flexibility index (Phi) is 7.72. The quantitative estimate of drug-likeness (QED) is 0.452. The maximum absolute atomic E-state index is 13.0. The summed E-state index contributed by atoms with van der Waals surface area (Å²) in [7, 11) is 3.10. The molecule has 8 heteroatoms. The molecule has 0 bridgehead atoms. The minimum absolute atomic E-state index is 0.0428. The first kappa shape index (κ1) is 23.9. The molecule has 1 heterocycles.